The first-order chi connectivity index (χ1) is 12.7. The zero-order chi connectivity index (χ0) is 18.4. The summed E-state index contributed by atoms with van der Waals surface area (Å²) in [5, 5.41) is 6.42. The molecule has 2 heterocycles. The van der Waals surface area contributed by atoms with Gasteiger partial charge in [0.05, 0.1) is 19.7 Å². The number of ether oxygens (including phenoxy) is 1. The van der Waals surface area contributed by atoms with Gasteiger partial charge in [-0.3, -0.25) is 9.69 Å². The van der Waals surface area contributed by atoms with Gasteiger partial charge in [-0.25, -0.2) is 4.98 Å². The molecule has 1 atom stereocenters. The minimum Gasteiger partial charge on any atom is -0.496 e. The number of rotatable bonds is 7. The van der Waals surface area contributed by atoms with Crippen molar-refractivity contribution in [1.82, 2.24) is 25.1 Å². The van der Waals surface area contributed by atoms with Gasteiger partial charge < -0.3 is 19.9 Å². The molecule has 0 bridgehead atoms. The molecule has 140 valence electrons. The molecule has 0 radical (unpaired) electrons. The van der Waals surface area contributed by atoms with E-state index in [1.807, 2.05) is 42.1 Å². The fourth-order valence-corrected chi connectivity index (χ4v) is 3.37. The summed E-state index contributed by atoms with van der Waals surface area (Å²) in [7, 11) is 3.65. The van der Waals surface area contributed by atoms with E-state index >= 15 is 0 Å². The van der Waals surface area contributed by atoms with Gasteiger partial charge >= 0.3 is 0 Å². The number of nitrogens with one attached hydrogen (secondary N) is 2. The lowest BCUT2D eigenvalue weighted by molar-refractivity contribution is -0.123. The summed E-state index contributed by atoms with van der Waals surface area (Å²) >= 11 is 0. The highest BCUT2D eigenvalue weighted by Crippen LogP contribution is 2.20. The number of amides is 1. The van der Waals surface area contributed by atoms with Crippen molar-refractivity contribution in [2.45, 2.75) is 12.5 Å². The minimum atomic E-state index is 0.0426. The molecule has 0 saturated carbocycles. The van der Waals surface area contributed by atoms with Gasteiger partial charge in [-0.1, -0.05) is 18.2 Å². The van der Waals surface area contributed by atoms with E-state index in [1.54, 1.807) is 13.3 Å². The number of nitrogens with zero attached hydrogens (tertiary/aromatic N) is 3. The summed E-state index contributed by atoms with van der Waals surface area (Å²) in [5.74, 6) is 1.89. The smallest absolute Gasteiger partial charge is 0.234 e. The van der Waals surface area contributed by atoms with E-state index in [-0.39, 0.29) is 11.9 Å². The molecule has 1 aromatic carbocycles. The third kappa shape index (κ3) is 4.42. The van der Waals surface area contributed by atoms with Crippen molar-refractivity contribution in [3.8, 4) is 5.75 Å². The summed E-state index contributed by atoms with van der Waals surface area (Å²) in [6.07, 6.45) is 4.49. The van der Waals surface area contributed by atoms with Crippen LogP contribution in [0.15, 0.2) is 36.7 Å². The molecule has 1 saturated heterocycles. The van der Waals surface area contributed by atoms with E-state index in [0.717, 1.165) is 43.2 Å². The molecule has 7 nitrogen and oxygen atoms in total. The average Bonchev–Trinajstić information content (AvgIpc) is 3.08. The second-order valence-corrected chi connectivity index (χ2v) is 6.50. The first kappa shape index (κ1) is 18.4. The standard InChI is InChI=1S/C19H27N5O2/c1-23-11-10-22-19(23)16-13-20-9-12-24(16)14-18(25)21-8-7-15-5-3-4-6-17(15)26-2/h3-6,10-11,16,20H,7-9,12-14H2,1-2H3,(H,21,25). The van der Waals surface area contributed by atoms with E-state index in [9.17, 15) is 4.79 Å². The molecule has 1 fully saturated rings. The highest BCUT2D eigenvalue weighted by atomic mass is 16.5. The van der Waals surface area contributed by atoms with Crippen LogP contribution in [0.5, 0.6) is 5.75 Å². The molecular formula is C19H27N5O2. The maximum atomic E-state index is 12.4. The number of carbonyl (C=O) groups excluding carboxylic acids is 1. The van der Waals surface area contributed by atoms with E-state index in [4.69, 9.17) is 4.74 Å². The second kappa shape index (κ2) is 8.82. The Kier molecular flexibility index (Phi) is 6.25. The number of piperazine rings is 1. The molecule has 2 N–H and O–H groups in total. The molecule has 1 amide bonds. The van der Waals surface area contributed by atoms with Crippen LogP contribution < -0.4 is 15.4 Å². The third-order valence-electron chi connectivity index (χ3n) is 4.77. The minimum absolute atomic E-state index is 0.0426. The van der Waals surface area contributed by atoms with Gasteiger partial charge in [0, 0.05) is 45.6 Å². The number of aryl methyl sites for hydroxylation is 1. The Morgan fingerprint density at radius 3 is 3.04 bits per heavy atom. The Hall–Kier alpha value is -2.38. The molecule has 26 heavy (non-hydrogen) atoms. The Labute approximate surface area is 154 Å². The second-order valence-electron chi connectivity index (χ2n) is 6.50. The van der Waals surface area contributed by atoms with Gasteiger partial charge in [0.1, 0.15) is 11.6 Å². The monoisotopic (exact) mass is 357 g/mol. The predicted octanol–water partition coefficient (Wildman–Crippen LogP) is 0.734. The van der Waals surface area contributed by atoms with Crippen LogP contribution in [0.2, 0.25) is 0 Å². The van der Waals surface area contributed by atoms with Crippen molar-refractivity contribution in [2.24, 2.45) is 7.05 Å². The zero-order valence-corrected chi connectivity index (χ0v) is 15.4. The van der Waals surface area contributed by atoms with Crippen LogP contribution in [0.25, 0.3) is 0 Å². The van der Waals surface area contributed by atoms with Crippen LogP contribution in [0.4, 0.5) is 0 Å². The highest BCUT2D eigenvalue weighted by Gasteiger charge is 2.28. The third-order valence-corrected chi connectivity index (χ3v) is 4.77. The van der Waals surface area contributed by atoms with E-state index < -0.39 is 0 Å². The van der Waals surface area contributed by atoms with Crippen LogP contribution >= 0.6 is 0 Å². The predicted molar refractivity (Wildman–Crippen MR) is 100 cm³/mol. The van der Waals surface area contributed by atoms with Gasteiger partial charge in [-0.15, -0.1) is 0 Å². The number of methoxy groups -OCH3 is 1. The van der Waals surface area contributed by atoms with E-state index in [1.165, 1.54) is 0 Å². The number of benzene rings is 1. The van der Waals surface area contributed by atoms with Crippen LogP contribution in [0, 0.1) is 0 Å². The van der Waals surface area contributed by atoms with Crippen LogP contribution in [-0.4, -0.2) is 60.2 Å². The quantitative estimate of drug-likeness (QED) is 0.765. The number of aromatic nitrogens is 2. The Morgan fingerprint density at radius 1 is 1.42 bits per heavy atom. The van der Waals surface area contributed by atoms with Crippen molar-refractivity contribution in [3.63, 3.8) is 0 Å². The molecule has 7 heteroatoms. The Bertz CT molecular complexity index is 730. The van der Waals surface area contributed by atoms with Crippen molar-refractivity contribution in [1.29, 1.82) is 0 Å². The van der Waals surface area contributed by atoms with Crippen LogP contribution in [0.1, 0.15) is 17.4 Å². The number of hydrogen-bond acceptors (Lipinski definition) is 5. The van der Waals surface area contributed by atoms with Gasteiger partial charge in [0.25, 0.3) is 0 Å². The maximum absolute atomic E-state index is 12.4. The SMILES string of the molecule is COc1ccccc1CCNC(=O)CN1CCNCC1c1nccn1C. The Balaban J connectivity index is 1.52. The van der Waals surface area contributed by atoms with Crippen molar-refractivity contribution < 1.29 is 9.53 Å². The molecule has 1 unspecified atom stereocenters. The summed E-state index contributed by atoms with van der Waals surface area (Å²) < 4.78 is 7.37. The zero-order valence-electron chi connectivity index (χ0n) is 15.4. The first-order valence-electron chi connectivity index (χ1n) is 8.99. The van der Waals surface area contributed by atoms with Crippen LogP contribution in [0.3, 0.4) is 0 Å². The van der Waals surface area contributed by atoms with E-state index in [0.29, 0.717) is 13.1 Å². The van der Waals surface area contributed by atoms with Gasteiger partial charge in [-0.05, 0) is 18.1 Å². The molecule has 1 aliphatic rings. The molecule has 0 aliphatic carbocycles. The fraction of sp³-hybridized carbons (Fsp3) is 0.474. The first-order valence-corrected chi connectivity index (χ1v) is 8.99. The molecule has 2 aromatic rings. The van der Waals surface area contributed by atoms with Gasteiger partial charge in [0.15, 0.2) is 0 Å². The highest BCUT2D eigenvalue weighted by molar-refractivity contribution is 5.78. The van der Waals surface area contributed by atoms with Crippen molar-refractivity contribution in [2.75, 3.05) is 39.8 Å². The molecule has 3 rings (SSSR count). The van der Waals surface area contributed by atoms with Crippen LogP contribution in [-0.2, 0) is 18.3 Å². The summed E-state index contributed by atoms with van der Waals surface area (Å²) in [5.41, 5.74) is 1.10. The molecule has 0 spiro atoms. The number of carbonyl (C=O) groups is 1. The topological polar surface area (TPSA) is 71.4 Å². The van der Waals surface area contributed by atoms with Gasteiger partial charge in [-0.2, -0.15) is 0 Å². The number of hydrogen-bond donors (Lipinski definition) is 2. The molecule has 1 aromatic heterocycles. The average molecular weight is 357 g/mol. The summed E-state index contributed by atoms with van der Waals surface area (Å²) in [4.78, 5) is 19.1. The van der Waals surface area contributed by atoms with Crippen molar-refractivity contribution >= 4 is 5.91 Å². The number of para-hydroxylation sites is 1. The molecular weight excluding hydrogens is 330 g/mol. The van der Waals surface area contributed by atoms with Gasteiger partial charge in [0.2, 0.25) is 5.91 Å². The summed E-state index contributed by atoms with van der Waals surface area (Å²) in [6.45, 7) is 3.50. The summed E-state index contributed by atoms with van der Waals surface area (Å²) in [6, 6.07) is 8.01. The molecule has 1 aliphatic heterocycles. The van der Waals surface area contributed by atoms with Crippen molar-refractivity contribution in [3.05, 3.63) is 48.0 Å². The largest absolute Gasteiger partial charge is 0.496 e. The number of imidazole rings is 1. The Morgan fingerprint density at radius 2 is 2.27 bits per heavy atom. The lowest BCUT2D eigenvalue weighted by Gasteiger charge is -2.35. The lowest BCUT2D eigenvalue weighted by Crippen LogP contribution is -2.50. The maximum Gasteiger partial charge on any atom is 0.234 e. The normalized spacial score (nSPS) is 17.8. The lowest BCUT2D eigenvalue weighted by atomic mass is 10.1. The fourth-order valence-electron chi connectivity index (χ4n) is 3.37. The van der Waals surface area contributed by atoms with E-state index in [2.05, 4.69) is 20.5 Å².